The molecule has 0 bridgehead atoms. The van der Waals surface area contributed by atoms with Gasteiger partial charge in [0.15, 0.2) is 9.84 Å². The summed E-state index contributed by atoms with van der Waals surface area (Å²) in [5.41, 5.74) is 0.814. The van der Waals surface area contributed by atoms with Crippen LogP contribution >= 0.6 is 15.9 Å². The molecule has 0 aliphatic heterocycles. The van der Waals surface area contributed by atoms with E-state index in [9.17, 15) is 13.2 Å². The summed E-state index contributed by atoms with van der Waals surface area (Å²) in [4.78, 5) is 17.4. The summed E-state index contributed by atoms with van der Waals surface area (Å²) in [6.45, 7) is 0. The fourth-order valence-electron chi connectivity index (χ4n) is 3.66. The highest BCUT2D eigenvalue weighted by Gasteiger charge is 2.28. The van der Waals surface area contributed by atoms with Gasteiger partial charge in [-0.25, -0.2) is 13.4 Å². The van der Waals surface area contributed by atoms with E-state index in [0.29, 0.717) is 16.2 Å². The number of anilines is 1. The van der Waals surface area contributed by atoms with E-state index in [1.807, 2.05) is 6.07 Å². The van der Waals surface area contributed by atoms with Gasteiger partial charge in [0.25, 0.3) is 0 Å². The SMILES string of the molecule is C.CS(=O)(=O)c1ccc(C(CC2CCCC2)C(=O)Nc2ccccn2)cc1Br. The lowest BCUT2D eigenvalue weighted by Gasteiger charge is -2.21. The van der Waals surface area contributed by atoms with Crippen LogP contribution in [0.2, 0.25) is 0 Å². The molecule has 0 saturated heterocycles. The number of hydrogen-bond donors (Lipinski definition) is 1. The van der Waals surface area contributed by atoms with Crippen LogP contribution in [0.15, 0.2) is 52.0 Å². The van der Waals surface area contributed by atoms with E-state index in [0.717, 1.165) is 24.8 Å². The van der Waals surface area contributed by atoms with Gasteiger partial charge in [0.05, 0.1) is 10.8 Å². The van der Waals surface area contributed by atoms with Gasteiger partial charge in [-0.05, 0) is 58.1 Å². The second-order valence-corrected chi connectivity index (χ2v) is 9.94. The van der Waals surface area contributed by atoms with Crippen molar-refractivity contribution in [2.45, 2.75) is 50.3 Å². The van der Waals surface area contributed by atoms with Gasteiger partial charge in [0, 0.05) is 16.9 Å². The molecular weight excluding hydrogens is 440 g/mol. The summed E-state index contributed by atoms with van der Waals surface area (Å²) >= 11 is 3.36. The standard InChI is InChI=1S/C20H23BrN2O3S.CH4/c1-27(25,26)18-10-9-15(13-17(18)21)16(12-14-6-2-3-7-14)20(24)23-19-8-4-5-11-22-19;/h4-5,8-11,13-14,16H,2-3,6-7,12H2,1H3,(H,22,23,24);1H4. The number of sulfone groups is 1. The molecule has 1 aliphatic carbocycles. The van der Waals surface area contributed by atoms with E-state index in [-0.39, 0.29) is 24.1 Å². The van der Waals surface area contributed by atoms with E-state index < -0.39 is 9.84 Å². The third-order valence-electron chi connectivity index (χ3n) is 5.03. The maximum Gasteiger partial charge on any atom is 0.233 e. The Labute approximate surface area is 176 Å². The lowest BCUT2D eigenvalue weighted by molar-refractivity contribution is -0.118. The molecule has 0 radical (unpaired) electrons. The number of rotatable bonds is 6. The van der Waals surface area contributed by atoms with Crippen LogP contribution in [0.3, 0.4) is 0 Å². The van der Waals surface area contributed by atoms with Crippen molar-refractivity contribution in [2.75, 3.05) is 11.6 Å². The summed E-state index contributed by atoms with van der Waals surface area (Å²) in [6.07, 6.45) is 8.25. The van der Waals surface area contributed by atoms with Crippen molar-refractivity contribution in [2.24, 2.45) is 5.92 Å². The molecule has 1 heterocycles. The first-order valence-electron chi connectivity index (χ1n) is 9.06. The number of nitrogens with zero attached hydrogens (tertiary/aromatic N) is 1. The second-order valence-electron chi connectivity index (χ2n) is 7.11. The lowest BCUT2D eigenvalue weighted by Crippen LogP contribution is -2.23. The molecule has 1 amide bonds. The number of aromatic nitrogens is 1. The highest BCUT2D eigenvalue weighted by atomic mass is 79.9. The highest BCUT2D eigenvalue weighted by Crippen LogP contribution is 2.36. The fraction of sp³-hybridized carbons (Fsp3) is 0.429. The molecule has 1 aliphatic rings. The lowest BCUT2D eigenvalue weighted by atomic mass is 9.87. The van der Waals surface area contributed by atoms with Gasteiger partial charge < -0.3 is 5.32 Å². The van der Waals surface area contributed by atoms with E-state index in [4.69, 9.17) is 0 Å². The second kappa shape index (κ2) is 9.65. The number of amides is 1. The summed E-state index contributed by atoms with van der Waals surface area (Å²) < 4.78 is 24.2. The molecule has 5 nitrogen and oxygen atoms in total. The number of benzene rings is 1. The Hall–Kier alpha value is -1.73. The zero-order valence-electron chi connectivity index (χ0n) is 15.2. The Morgan fingerprint density at radius 2 is 1.96 bits per heavy atom. The van der Waals surface area contributed by atoms with Crippen LogP contribution in [0.25, 0.3) is 0 Å². The molecule has 2 aromatic rings. The molecule has 1 unspecified atom stereocenters. The molecule has 152 valence electrons. The van der Waals surface area contributed by atoms with Gasteiger partial charge in [-0.3, -0.25) is 4.79 Å². The first-order valence-corrected chi connectivity index (χ1v) is 11.7. The van der Waals surface area contributed by atoms with Gasteiger partial charge in [-0.1, -0.05) is 45.2 Å². The fourth-order valence-corrected chi connectivity index (χ4v) is 5.67. The Morgan fingerprint density at radius 1 is 1.25 bits per heavy atom. The molecule has 1 N–H and O–H groups in total. The summed E-state index contributed by atoms with van der Waals surface area (Å²) in [7, 11) is -3.32. The summed E-state index contributed by atoms with van der Waals surface area (Å²) in [5, 5.41) is 2.90. The maximum atomic E-state index is 13.0. The number of halogens is 1. The van der Waals surface area contributed by atoms with Crippen LogP contribution in [-0.2, 0) is 14.6 Å². The smallest absolute Gasteiger partial charge is 0.233 e. The van der Waals surface area contributed by atoms with Gasteiger partial charge in [-0.15, -0.1) is 0 Å². The average Bonchev–Trinajstić information content (AvgIpc) is 3.12. The Balaban J connectivity index is 0.00000280. The molecule has 1 atom stereocenters. The summed E-state index contributed by atoms with van der Waals surface area (Å²) in [6, 6.07) is 10.5. The number of pyridine rings is 1. The zero-order chi connectivity index (χ0) is 19.4. The van der Waals surface area contributed by atoms with Crippen molar-refractivity contribution in [3.63, 3.8) is 0 Å². The number of nitrogens with one attached hydrogen (secondary N) is 1. The molecule has 1 aromatic heterocycles. The van der Waals surface area contributed by atoms with Crippen molar-refractivity contribution < 1.29 is 13.2 Å². The predicted molar refractivity (Wildman–Crippen MR) is 116 cm³/mol. The molecule has 28 heavy (non-hydrogen) atoms. The number of hydrogen-bond acceptors (Lipinski definition) is 4. The molecule has 0 spiro atoms. The Morgan fingerprint density at radius 3 is 2.54 bits per heavy atom. The molecular formula is C21H27BrN2O3S. The topological polar surface area (TPSA) is 76.1 Å². The van der Waals surface area contributed by atoms with Gasteiger partial charge in [0.2, 0.25) is 5.91 Å². The van der Waals surface area contributed by atoms with Crippen LogP contribution in [-0.4, -0.2) is 25.6 Å². The first-order chi connectivity index (χ1) is 12.8. The summed E-state index contributed by atoms with van der Waals surface area (Å²) in [5.74, 6) is 0.572. The third kappa shape index (κ3) is 5.64. The average molecular weight is 467 g/mol. The normalized spacial score (nSPS) is 15.6. The third-order valence-corrected chi connectivity index (χ3v) is 7.11. The minimum Gasteiger partial charge on any atom is -0.310 e. The molecule has 1 saturated carbocycles. The van der Waals surface area contributed by atoms with Crippen molar-refractivity contribution >= 4 is 37.5 Å². The minimum atomic E-state index is -3.32. The van der Waals surface area contributed by atoms with Crippen LogP contribution in [0.1, 0.15) is 51.0 Å². The predicted octanol–water partition coefficient (Wildman–Crippen LogP) is 5.19. The van der Waals surface area contributed by atoms with Crippen molar-refractivity contribution in [3.8, 4) is 0 Å². The number of carbonyl (C=O) groups excluding carboxylic acids is 1. The maximum absolute atomic E-state index is 13.0. The molecule has 1 fully saturated rings. The zero-order valence-corrected chi connectivity index (χ0v) is 17.6. The van der Waals surface area contributed by atoms with Crippen molar-refractivity contribution in [1.82, 2.24) is 4.98 Å². The van der Waals surface area contributed by atoms with Crippen molar-refractivity contribution in [3.05, 3.63) is 52.6 Å². The first kappa shape index (κ1) is 22.6. The molecule has 1 aromatic carbocycles. The van der Waals surface area contributed by atoms with Gasteiger partial charge in [-0.2, -0.15) is 0 Å². The highest BCUT2D eigenvalue weighted by molar-refractivity contribution is 9.10. The van der Waals surface area contributed by atoms with Crippen molar-refractivity contribution in [1.29, 1.82) is 0 Å². The molecule has 7 heteroatoms. The van der Waals surface area contributed by atoms with Crippen LogP contribution in [0, 0.1) is 5.92 Å². The van der Waals surface area contributed by atoms with Crippen LogP contribution < -0.4 is 5.32 Å². The van der Waals surface area contributed by atoms with E-state index in [1.165, 1.54) is 19.1 Å². The number of carbonyl (C=O) groups is 1. The Kier molecular flexibility index (Phi) is 7.78. The van der Waals surface area contributed by atoms with Crippen LogP contribution in [0.4, 0.5) is 5.82 Å². The van der Waals surface area contributed by atoms with Crippen LogP contribution in [0.5, 0.6) is 0 Å². The molecule has 3 rings (SSSR count). The van der Waals surface area contributed by atoms with E-state index in [1.54, 1.807) is 36.5 Å². The quantitative estimate of drug-likeness (QED) is 0.635. The minimum absolute atomic E-state index is 0. The largest absolute Gasteiger partial charge is 0.310 e. The van der Waals surface area contributed by atoms with Gasteiger partial charge >= 0.3 is 0 Å². The van der Waals surface area contributed by atoms with E-state index >= 15 is 0 Å². The van der Waals surface area contributed by atoms with E-state index in [2.05, 4.69) is 26.2 Å². The monoisotopic (exact) mass is 466 g/mol. The van der Waals surface area contributed by atoms with Gasteiger partial charge in [0.1, 0.15) is 5.82 Å². The Bertz CT molecular complexity index is 911.